The summed E-state index contributed by atoms with van der Waals surface area (Å²) in [6, 6.07) is 9.55. The number of rotatable bonds is 7. The molecule has 3 unspecified atom stereocenters. The maximum absolute atomic E-state index is 12.7. The van der Waals surface area contributed by atoms with Crippen LogP contribution in [0.1, 0.15) is 38.3 Å². The highest BCUT2D eigenvalue weighted by atomic mass is 35.5. The number of hydrogen-bond acceptors (Lipinski definition) is 4. The van der Waals surface area contributed by atoms with Gasteiger partial charge in [0.05, 0.1) is 12.0 Å². The zero-order chi connectivity index (χ0) is 18.4. The van der Waals surface area contributed by atoms with E-state index in [9.17, 15) is 9.90 Å². The monoisotopic (exact) mass is 419 g/mol. The van der Waals surface area contributed by atoms with Gasteiger partial charge in [-0.15, -0.1) is 24.8 Å². The molecule has 1 aliphatic heterocycles. The Kier molecular flexibility index (Phi) is 12.2. The summed E-state index contributed by atoms with van der Waals surface area (Å²) in [5, 5.41) is 9.49. The van der Waals surface area contributed by atoms with E-state index in [0.29, 0.717) is 5.92 Å². The number of carbonyl (C=O) groups is 1. The first-order valence-electron chi connectivity index (χ1n) is 9.34. The Morgan fingerprint density at radius 1 is 1.22 bits per heavy atom. The van der Waals surface area contributed by atoms with Gasteiger partial charge in [-0.2, -0.15) is 0 Å². The van der Waals surface area contributed by atoms with Crippen molar-refractivity contribution >= 4 is 30.7 Å². The number of nitrogens with two attached hydrogens (primary N) is 1. The van der Waals surface area contributed by atoms with Gasteiger partial charge in [0, 0.05) is 26.2 Å². The molecule has 0 radical (unpaired) electrons. The summed E-state index contributed by atoms with van der Waals surface area (Å²) < 4.78 is 0. The predicted octanol–water partition coefficient (Wildman–Crippen LogP) is 2.72. The summed E-state index contributed by atoms with van der Waals surface area (Å²) in [4.78, 5) is 16.9. The number of piperidine rings is 1. The van der Waals surface area contributed by atoms with Crippen molar-refractivity contribution in [1.82, 2.24) is 9.80 Å². The van der Waals surface area contributed by atoms with Crippen molar-refractivity contribution in [2.45, 2.75) is 38.8 Å². The molecule has 1 aliphatic rings. The van der Waals surface area contributed by atoms with Crippen LogP contribution in [0.25, 0.3) is 0 Å². The van der Waals surface area contributed by atoms with Crippen LogP contribution in [0, 0.1) is 11.8 Å². The number of hydrogen-bond donors (Lipinski definition) is 2. The van der Waals surface area contributed by atoms with Gasteiger partial charge in [0.1, 0.15) is 0 Å². The standard InChI is InChI=1S/C20H33N3O2.2ClH/c1-15(24)13-23-11-9-17(10-12-23)14-22(3)20(25)16(2)19(21)18-7-5-4-6-8-18;;/h4-8,15-17,19,24H,9-14,21H2,1-3H3;2*1H. The maximum Gasteiger partial charge on any atom is 0.227 e. The first-order valence-corrected chi connectivity index (χ1v) is 9.34. The van der Waals surface area contributed by atoms with E-state index in [1.807, 2.05) is 56.1 Å². The van der Waals surface area contributed by atoms with Crippen molar-refractivity contribution in [2.24, 2.45) is 17.6 Å². The van der Waals surface area contributed by atoms with E-state index in [-0.39, 0.29) is 48.8 Å². The number of halogens is 2. The van der Waals surface area contributed by atoms with Gasteiger partial charge < -0.3 is 20.6 Å². The highest BCUT2D eigenvalue weighted by Crippen LogP contribution is 2.23. The van der Waals surface area contributed by atoms with Crippen molar-refractivity contribution in [1.29, 1.82) is 0 Å². The van der Waals surface area contributed by atoms with E-state index >= 15 is 0 Å². The first kappa shape index (κ1) is 26.1. The zero-order valence-electron chi connectivity index (χ0n) is 16.6. The van der Waals surface area contributed by atoms with E-state index < -0.39 is 0 Å². The third-order valence-electron chi connectivity index (χ3n) is 5.25. The molecule has 0 saturated carbocycles. The Morgan fingerprint density at radius 3 is 2.30 bits per heavy atom. The van der Waals surface area contributed by atoms with Crippen molar-refractivity contribution in [3.05, 3.63) is 35.9 Å². The number of β-amino-alcohol motifs (C(OH)–C–C–N with tert-alkyl or cyclic N) is 1. The average Bonchev–Trinajstić information content (AvgIpc) is 2.61. The van der Waals surface area contributed by atoms with E-state index in [1.54, 1.807) is 0 Å². The van der Waals surface area contributed by atoms with Crippen molar-refractivity contribution < 1.29 is 9.90 Å². The van der Waals surface area contributed by atoms with Gasteiger partial charge in [0.15, 0.2) is 0 Å². The molecule has 5 nitrogen and oxygen atoms in total. The summed E-state index contributed by atoms with van der Waals surface area (Å²) in [5.74, 6) is 0.407. The molecule has 1 amide bonds. The lowest BCUT2D eigenvalue weighted by atomic mass is 9.92. The molecular weight excluding hydrogens is 385 g/mol. The first-order chi connectivity index (χ1) is 11.9. The molecule has 1 heterocycles. The number of amides is 1. The van der Waals surface area contributed by atoms with Gasteiger partial charge in [-0.25, -0.2) is 0 Å². The third kappa shape index (κ3) is 7.96. The Hall–Kier alpha value is -0.850. The molecule has 1 aromatic rings. The molecular formula is C20H35Cl2N3O2. The largest absolute Gasteiger partial charge is 0.392 e. The minimum absolute atomic E-state index is 0. The summed E-state index contributed by atoms with van der Waals surface area (Å²) in [6.45, 7) is 7.27. The maximum atomic E-state index is 12.7. The van der Waals surface area contributed by atoms with Crippen LogP contribution in [0.4, 0.5) is 0 Å². The molecule has 2 rings (SSSR count). The Morgan fingerprint density at radius 2 is 1.78 bits per heavy atom. The van der Waals surface area contributed by atoms with Crippen LogP contribution >= 0.6 is 24.8 Å². The molecule has 0 spiro atoms. The summed E-state index contributed by atoms with van der Waals surface area (Å²) in [5.41, 5.74) is 7.30. The number of aliphatic hydroxyl groups excluding tert-OH is 1. The Bertz CT molecular complexity index is 537. The van der Waals surface area contributed by atoms with Crippen LogP contribution in [-0.2, 0) is 4.79 Å². The zero-order valence-corrected chi connectivity index (χ0v) is 18.2. The number of nitrogens with zero attached hydrogens (tertiary/aromatic N) is 2. The van der Waals surface area contributed by atoms with E-state index in [4.69, 9.17) is 5.73 Å². The van der Waals surface area contributed by atoms with Crippen LogP contribution in [0.15, 0.2) is 30.3 Å². The van der Waals surface area contributed by atoms with Gasteiger partial charge >= 0.3 is 0 Å². The molecule has 0 aliphatic carbocycles. The quantitative estimate of drug-likeness (QED) is 0.712. The molecule has 7 heteroatoms. The van der Waals surface area contributed by atoms with Gasteiger partial charge in [-0.05, 0) is 44.3 Å². The molecule has 27 heavy (non-hydrogen) atoms. The molecule has 0 aromatic heterocycles. The second-order valence-electron chi connectivity index (χ2n) is 7.54. The molecule has 3 atom stereocenters. The highest BCUT2D eigenvalue weighted by molar-refractivity contribution is 5.85. The molecule has 156 valence electrons. The second-order valence-corrected chi connectivity index (χ2v) is 7.54. The smallest absolute Gasteiger partial charge is 0.227 e. The molecule has 1 saturated heterocycles. The van der Waals surface area contributed by atoms with Gasteiger partial charge in [-0.3, -0.25) is 4.79 Å². The third-order valence-corrected chi connectivity index (χ3v) is 5.25. The Balaban J connectivity index is 0.00000338. The van der Waals surface area contributed by atoms with Gasteiger partial charge in [0.25, 0.3) is 0 Å². The lowest BCUT2D eigenvalue weighted by Crippen LogP contribution is -2.43. The number of likely N-dealkylation sites (tertiary alicyclic amines) is 1. The van der Waals surface area contributed by atoms with E-state index in [1.165, 1.54) is 0 Å². The van der Waals surface area contributed by atoms with Crippen LogP contribution in [0.3, 0.4) is 0 Å². The molecule has 1 fully saturated rings. The lowest BCUT2D eigenvalue weighted by molar-refractivity contribution is -0.135. The number of carbonyl (C=O) groups excluding carboxylic acids is 1. The number of aliphatic hydroxyl groups is 1. The van der Waals surface area contributed by atoms with Crippen molar-refractivity contribution in [2.75, 3.05) is 33.2 Å². The number of benzene rings is 1. The van der Waals surface area contributed by atoms with Crippen molar-refractivity contribution in [3.8, 4) is 0 Å². The summed E-state index contributed by atoms with van der Waals surface area (Å²) in [7, 11) is 1.89. The van der Waals surface area contributed by atoms with Crippen molar-refractivity contribution in [3.63, 3.8) is 0 Å². The average molecular weight is 420 g/mol. The fourth-order valence-electron chi connectivity index (χ4n) is 3.67. The summed E-state index contributed by atoms with van der Waals surface area (Å²) in [6.07, 6.45) is 1.87. The molecule has 3 N–H and O–H groups in total. The lowest BCUT2D eigenvalue weighted by Gasteiger charge is -2.35. The SMILES string of the molecule is CC(O)CN1CCC(CN(C)C(=O)C(C)C(N)c2ccccc2)CC1.Cl.Cl. The van der Waals surface area contributed by atoms with Crippen LogP contribution in [-0.4, -0.2) is 60.1 Å². The topological polar surface area (TPSA) is 69.8 Å². The summed E-state index contributed by atoms with van der Waals surface area (Å²) >= 11 is 0. The van der Waals surface area contributed by atoms with Crippen LogP contribution in [0.2, 0.25) is 0 Å². The van der Waals surface area contributed by atoms with E-state index in [2.05, 4.69) is 4.90 Å². The fourth-order valence-corrected chi connectivity index (χ4v) is 3.67. The normalized spacial score (nSPS) is 18.6. The van der Waals surface area contributed by atoms with Gasteiger partial charge in [0.2, 0.25) is 5.91 Å². The highest BCUT2D eigenvalue weighted by Gasteiger charge is 2.27. The predicted molar refractivity (Wildman–Crippen MR) is 116 cm³/mol. The second kappa shape index (κ2) is 12.6. The van der Waals surface area contributed by atoms with E-state index in [0.717, 1.165) is 44.6 Å². The minimum atomic E-state index is -0.277. The van der Waals surface area contributed by atoms with Gasteiger partial charge in [-0.1, -0.05) is 37.3 Å². The fraction of sp³-hybridized carbons (Fsp3) is 0.650. The van der Waals surface area contributed by atoms with Crippen LogP contribution in [0.5, 0.6) is 0 Å². The van der Waals surface area contributed by atoms with Crippen LogP contribution < -0.4 is 5.73 Å². The minimum Gasteiger partial charge on any atom is -0.392 e. The molecule has 1 aromatic carbocycles. The Labute approximate surface area is 176 Å². The molecule has 0 bridgehead atoms.